The minimum Gasteiger partial charge on any atom is -0.497 e. The van der Waals surface area contributed by atoms with Gasteiger partial charge >= 0.3 is 0 Å². The van der Waals surface area contributed by atoms with Crippen LogP contribution in [0.5, 0.6) is 5.75 Å². The van der Waals surface area contributed by atoms with Gasteiger partial charge in [0.05, 0.1) is 23.6 Å². The average molecular weight is 468 g/mol. The first-order valence-corrected chi connectivity index (χ1v) is 11.2. The summed E-state index contributed by atoms with van der Waals surface area (Å²) in [7, 11) is 1.56. The van der Waals surface area contributed by atoms with Crippen molar-refractivity contribution < 1.29 is 18.3 Å². The second kappa shape index (κ2) is 9.77. The van der Waals surface area contributed by atoms with Crippen LogP contribution in [-0.2, 0) is 6.54 Å². The number of ether oxygens (including phenoxy) is 1. The number of hydrogen-bond donors (Lipinski definition) is 1. The Kier molecular flexibility index (Phi) is 6.79. The maximum absolute atomic E-state index is 15.7. The van der Waals surface area contributed by atoms with E-state index >= 15 is 8.78 Å². The number of nitrogens with one attached hydrogen (secondary N) is 1. The number of carbonyl (C=O) groups is 1. The van der Waals surface area contributed by atoms with Gasteiger partial charge in [0.15, 0.2) is 11.6 Å². The predicted octanol–water partition coefficient (Wildman–Crippen LogP) is 4.00. The van der Waals surface area contributed by atoms with Gasteiger partial charge in [-0.05, 0) is 43.7 Å². The third-order valence-corrected chi connectivity index (χ3v) is 6.06. The van der Waals surface area contributed by atoms with Gasteiger partial charge in [-0.1, -0.05) is 18.2 Å². The number of fused-ring (bicyclic) bond motifs is 1. The third kappa shape index (κ3) is 4.46. The lowest BCUT2D eigenvalue weighted by Crippen LogP contribution is -2.49. The number of aryl methyl sites for hydroxylation is 1. The minimum atomic E-state index is -0.808. The number of allylic oxidation sites excluding steroid dienone is 1. The molecule has 3 aromatic rings. The summed E-state index contributed by atoms with van der Waals surface area (Å²) in [6.45, 7) is 5.53. The molecule has 0 saturated carbocycles. The molecule has 1 aliphatic rings. The lowest BCUT2D eigenvalue weighted by atomic mass is 10.0. The van der Waals surface area contributed by atoms with Gasteiger partial charge < -0.3 is 19.5 Å². The average Bonchev–Trinajstić information content (AvgIpc) is 2.83. The fourth-order valence-corrected chi connectivity index (χ4v) is 4.30. The molecule has 1 N–H and O–H groups in total. The van der Waals surface area contributed by atoms with E-state index in [1.165, 1.54) is 16.8 Å². The molecule has 0 aliphatic carbocycles. The van der Waals surface area contributed by atoms with E-state index in [-0.39, 0.29) is 28.2 Å². The highest BCUT2D eigenvalue weighted by Gasteiger charge is 2.26. The zero-order valence-electron chi connectivity index (χ0n) is 19.4. The van der Waals surface area contributed by atoms with E-state index in [4.69, 9.17) is 4.74 Å². The van der Waals surface area contributed by atoms with Crippen molar-refractivity contribution in [2.24, 2.45) is 0 Å². The number of piperazine rings is 1. The topological polar surface area (TPSA) is 63.6 Å². The van der Waals surface area contributed by atoms with E-state index in [0.29, 0.717) is 31.9 Å². The second-order valence-corrected chi connectivity index (χ2v) is 8.35. The molecule has 1 aliphatic heterocycles. The second-order valence-electron chi connectivity index (χ2n) is 8.35. The number of ketones is 1. The zero-order valence-corrected chi connectivity index (χ0v) is 19.4. The Morgan fingerprint density at radius 1 is 1.26 bits per heavy atom. The van der Waals surface area contributed by atoms with Crippen molar-refractivity contribution in [2.75, 3.05) is 31.6 Å². The molecule has 2 heterocycles. The number of rotatable bonds is 6. The molecule has 0 spiro atoms. The molecule has 0 bridgehead atoms. The van der Waals surface area contributed by atoms with E-state index in [1.807, 2.05) is 6.92 Å². The molecule has 6 nitrogen and oxygen atoms in total. The number of hydrogen-bond acceptors (Lipinski definition) is 5. The highest BCUT2D eigenvalue weighted by Crippen LogP contribution is 2.31. The van der Waals surface area contributed by atoms with Gasteiger partial charge in [-0.15, -0.1) is 0 Å². The van der Waals surface area contributed by atoms with Gasteiger partial charge in [-0.2, -0.15) is 0 Å². The molecule has 1 atom stereocenters. The molecular weight excluding hydrogens is 440 g/mol. The molecule has 1 fully saturated rings. The van der Waals surface area contributed by atoms with Crippen LogP contribution in [0.3, 0.4) is 0 Å². The largest absolute Gasteiger partial charge is 0.497 e. The van der Waals surface area contributed by atoms with E-state index in [1.54, 1.807) is 49.3 Å². The Hall–Kier alpha value is -3.52. The molecule has 8 heteroatoms. The predicted molar refractivity (Wildman–Crippen MR) is 130 cm³/mol. The van der Waals surface area contributed by atoms with Crippen molar-refractivity contribution >= 4 is 28.4 Å². The Bertz CT molecular complexity index is 1320. The van der Waals surface area contributed by atoms with Crippen molar-refractivity contribution in [3.63, 3.8) is 0 Å². The van der Waals surface area contributed by atoms with Gasteiger partial charge in [0, 0.05) is 38.4 Å². The number of methoxy groups -OCH3 is 1. The first kappa shape index (κ1) is 23.6. The van der Waals surface area contributed by atoms with Crippen molar-refractivity contribution in [3.05, 3.63) is 75.6 Å². The Morgan fingerprint density at radius 2 is 2.00 bits per heavy atom. The Morgan fingerprint density at radius 3 is 2.65 bits per heavy atom. The molecule has 0 amide bonds. The first-order chi connectivity index (χ1) is 16.3. The highest BCUT2D eigenvalue weighted by molar-refractivity contribution is 6.08. The number of nitrogens with zero attached hydrogens (tertiary/aromatic N) is 2. The zero-order chi connectivity index (χ0) is 24.4. The van der Waals surface area contributed by atoms with Gasteiger partial charge in [0.25, 0.3) is 0 Å². The van der Waals surface area contributed by atoms with Gasteiger partial charge in [0.2, 0.25) is 5.43 Å². The molecule has 178 valence electrons. The molecule has 2 aromatic carbocycles. The van der Waals surface area contributed by atoms with E-state index in [2.05, 4.69) is 5.32 Å². The Balaban J connectivity index is 1.77. The summed E-state index contributed by atoms with van der Waals surface area (Å²) in [5.74, 6) is -1.44. The molecule has 4 rings (SSSR count). The quantitative estimate of drug-likeness (QED) is 0.439. The standard InChI is InChI=1S/C26H27F2N3O3/c1-4-30-15-20(22(32)10-7-17-5-8-18(34-3)9-6-17)26(33)19-13-21(27)25(23(28)24(19)30)31-12-11-29-16(2)14-31/h5-10,13,15-16,29H,4,11-12,14H2,1-3H3/b10-7+. The van der Waals surface area contributed by atoms with E-state index in [9.17, 15) is 9.59 Å². The number of carbonyl (C=O) groups excluding carboxylic acids is 1. The fourth-order valence-electron chi connectivity index (χ4n) is 4.30. The van der Waals surface area contributed by atoms with Gasteiger partial charge in [0.1, 0.15) is 17.3 Å². The van der Waals surface area contributed by atoms with Gasteiger partial charge in [-0.25, -0.2) is 8.78 Å². The molecule has 34 heavy (non-hydrogen) atoms. The van der Waals surface area contributed by atoms with Crippen LogP contribution >= 0.6 is 0 Å². The summed E-state index contributed by atoms with van der Waals surface area (Å²) in [5, 5.41) is 3.10. The minimum absolute atomic E-state index is 0.00534. The maximum atomic E-state index is 15.7. The van der Waals surface area contributed by atoms with E-state index < -0.39 is 22.8 Å². The van der Waals surface area contributed by atoms with Crippen LogP contribution in [0.25, 0.3) is 17.0 Å². The molecule has 1 unspecified atom stereocenters. The van der Waals surface area contributed by atoms with Crippen LogP contribution in [0.4, 0.5) is 14.5 Å². The monoisotopic (exact) mass is 467 g/mol. The lowest BCUT2D eigenvalue weighted by Gasteiger charge is -2.34. The molecular formula is C26H27F2N3O3. The number of benzene rings is 2. The highest BCUT2D eigenvalue weighted by atomic mass is 19.1. The molecule has 1 saturated heterocycles. The smallest absolute Gasteiger partial charge is 0.200 e. The maximum Gasteiger partial charge on any atom is 0.200 e. The summed E-state index contributed by atoms with van der Waals surface area (Å²) in [6, 6.07) is 8.19. The summed E-state index contributed by atoms with van der Waals surface area (Å²) >= 11 is 0. The van der Waals surface area contributed by atoms with Crippen LogP contribution in [0, 0.1) is 11.6 Å². The molecule has 1 aromatic heterocycles. The van der Waals surface area contributed by atoms with Crippen molar-refractivity contribution in [3.8, 4) is 5.75 Å². The number of halogens is 2. The summed E-state index contributed by atoms with van der Waals surface area (Å²) in [6.07, 6.45) is 4.22. The van der Waals surface area contributed by atoms with Crippen molar-refractivity contribution in [1.29, 1.82) is 0 Å². The van der Waals surface area contributed by atoms with E-state index in [0.717, 1.165) is 11.6 Å². The van der Waals surface area contributed by atoms with Crippen LogP contribution in [0.15, 0.2) is 47.4 Å². The van der Waals surface area contributed by atoms with Crippen LogP contribution in [0.2, 0.25) is 0 Å². The van der Waals surface area contributed by atoms with Crippen LogP contribution in [0.1, 0.15) is 29.8 Å². The summed E-state index contributed by atoms with van der Waals surface area (Å²) < 4.78 is 37.4. The number of aromatic nitrogens is 1. The van der Waals surface area contributed by atoms with Crippen molar-refractivity contribution in [2.45, 2.75) is 26.4 Å². The fraction of sp³-hybridized carbons (Fsp3) is 0.308. The number of anilines is 1. The molecule has 0 radical (unpaired) electrons. The Labute approximate surface area is 196 Å². The normalized spacial score (nSPS) is 16.4. The van der Waals surface area contributed by atoms with Crippen LogP contribution < -0.4 is 20.4 Å². The van der Waals surface area contributed by atoms with Gasteiger partial charge in [-0.3, -0.25) is 9.59 Å². The summed E-state index contributed by atoms with van der Waals surface area (Å²) in [4.78, 5) is 27.7. The third-order valence-electron chi connectivity index (χ3n) is 6.06. The SMILES string of the molecule is CCn1cc(C(=O)/C=C/c2ccc(OC)cc2)c(=O)c2cc(F)c(N3CCNC(C)C3)c(F)c21. The number of pyridine rings is 1. The first-order valence-electron chi connectivity index (χ1n) is 11.2. The van der Waals surface area contributed by atoms with Crippen molar-refractivity contribution in [1.82, 2.24) is 9.88 Å². The lowest BCUT2D eigenvalue weighted by molar-refractivity contribution is 0.104. The summed E-state index contributed by atoms with van der Waals surface area (Å²) in [5.41, 5.74) is -0.215. The van der Waals surface area contributed by atoms with Crippen LogP contribution in [-0.4, -0.2) is 43.1 Å².